The number of nitrogens with one attached hydrogen (secondary N) is 3. The molecule has 4 unspecified atom stereocenters. The first-order valence-corrected chi connectivity index (χ1v) is 11.5. The Kier molecular flexibility index (Phi) is 13.0. The number of aliphatic carboxylic acids is 1. The fraction of sp³-hybridized carbons (Fsp3) is 0.522. The molecular weight excluding hydrogens is 456 g/mol. The number of hydrogen-bond donors (Lipinski definition) is 7. The van der Waals surface area contributed by atoms with Crippen LogP contribution in [0.2, 0.25) is 0 Å². The second kappa shape index (κ2) is 15.4. The summed E-state index contributed by atoms with van der Waals surface area (Å²) in [5.41, 5.74) is 17.2. The quantitative estimate of drug-likeness (QED) is 0.134. The van der Waals surface area contributed by atoms with Crippen LogP contribution in [0.1, 0.15) is 44.6 Å². The lowest BCUT2D eigenvalue weighted by molar-refractivity contribution is -0.142. The minimum atomic E-state index is -1.35. The third-order valence-corrected chi connectivity index (χ3v) is 5.27. The van der Waals surface area contributed by atoms with Crippen LogP contribution >= 0.6 is 0 Å². The fourth-order valence-corrected chi connectivity index (χ4v) is 3.20. The maximum atomic E-state index is 13.0. The Morgan fingerprint density at radius 2 is 1.51 bits per heavy atom. The molecule has 0 spiro atoms. The number of rotatable bonds is 16. The van der Waals surface area contributed by atoms with E-state index in [0.717, 1.165) is 12.0 Å². The summed E-state index contributed by atoms with van der Waals surface area (Å²) in [6.07, 6.45) is 1.53. The second-order valence-corrected chi connectivity index (χ2v) is 8.28. The SMILES string of the molecule is CC(NC(=O)C(Cc1ccccc1)NC(=O)C(N)CCCCN)C(=O)NC(CCC(N)=O)C(=O)O. The van der Waals surface area contributed by atoms with Crippen molar-refractivity contribution in [1.82, 2.24) is 16.0 Å². The molecule has 4 amide bonds. The Morgan fingerprint density at radius 3 is 2.09 bits per heavy atom. The lowest BCUT2D eigenvalue weighted by atomic mass is 10.0. The van der Waals surface area contributed by atoms with Crippen LogP contribution in [-0.4, -0.2) is 65.4 Å². The number of nitrogens with two attached hydrogens (primary N) is 3. The highest BCUT2D eigenvalue weighted by atomic mass is 16.4. The standard InChI is InChI=1S/C23H36N6O6/c1-14(20(31)28-17(23(34)35)10-11-19(26)30)27-22(33)18(13-15-7-3-2-4-8-15)29-21(32)16(25)9-5-6-12-24/h2-4,7-8,14,16-18H,5-6,9-13,24-25H2,1H3,(H2,26,30)(H,27,33)(H,28,31)(H,29,32)(H,34,35). The minimum absolute atomic E-state index is 0.151. The van der Waals surface area contributed by atoms with E-state index in [1.165, 1.54) is 6.92 Å². The van der Waals surface area contributed by atoms with Gasteiger partial charge in [-0.15, -0.1) is 0 Å². The zero-order chi connectivity index (χ0) is 26.4. The summed E-state index contributed by atoms with van der Waals surface area (Å²) in [5.74, 6) is -3.95. The molecule has 1 aromatic carbocycles. The zero-order valence-corrected chi connectivity index (χ0v) is 19.9. The van der Waals surface area contributed by atoms with E-state index in [9.17, 15) is 29.1 Å². The van der Waals surface area contributed by atoms with Gasteiger partial charge in [0.2, 0.25) is 23.6 Å². The van der Waals surface area contributed by atoms with Gasteiger partial charge in [-0.1, -0.05) is 36.8 Å². The molecule has 0 saturated heterocycles. The number of carbonyl (C=O) groups is 5. The van der Waals surface area contributed by atoms with Crippen LogP contribution in [0.15, 0.2) is 30.3 Å². The number of carboxylic acid groups (broad SMARTS) is 1. The third kappa shape index (κ3) is 11.5. The van der Waals surface area contributed by atoms with E-state index in [2.05, 4.69) is 16.0 Å². The van der Waals surface area contributed by atoms with Gasteiger partial charge in [-0.2, -0.15) is 0 Å². The molecule has 12 heteroatoms. The predicted molar refractivity (Wildman–Crippen MR) is 129 cm³/mol. The van der Waals surface area contributed by atoms with Crippen LogP contribution in [-0.2, 0) is 30.4 Å². The lowest BCUT2D eigenvalue weighted by Gasteiger charge is -2.23. The highest BCUT2D eigenvalue weighted by Gasteiger charge is 2.28. The first-order chi connectivity index (χ1) is 16.5. The first kappa shape index (κ1) is 29.5. The molecule has 194 valence electrons. The Bertz CT molecular complexity index is 865. The maximum absolute atomic E-state index is 13.0. The fourth-order valence-electron chi connectivity index (χ4n) is 3.20. The van der Waals surface area contributed by atoms with Crippen molar-refractivity contribution >= 4 is 29.6 Å². The number of primary amides is 1. The molecule has 0 aromatic heterocycles. The molecule has 35 heavy (non-hydrogen) atoms. The summed E-state index contributed by atoms with van der Waals surface area (Å²) in [6, 6.07) is 4.67. The van der Waals surface area contributed by atoms with E-state index in [0.29, 0.717) is 19.4 Å². The van der Waals surface area contributed by atoms with Crippen LogP contribution < -0.4 is 33.2 Å². The summed E-state index contributed by atoms with van der Waals surface area (Å²) < 4.78 is 0. The molecule has 12 nitrogen and oxygen atoms in total. The smallest absolute Gasteiger partial charge is 0.326 e. The molecule has 0 aliphatic carbocycles. The molecule has 0 saturated carbocycles. The summed E-state index contributed by atoms with van der Waals surface area (Å²) in [6.45, 7) is 1.86. The van der Waals surface area contributed by atoms with Gasteiger partial charge >= 0.3 is 5.97 Å². The number of carbonyl (C=O) groups excluding carboxylic acids is 4. The van der Waals surface area contributed by atoms with Crippen LogP contribution in [0.5, 0.6) is 0 Å². The normalized spacial score (nSPS) is 14.1. The van der Waals surface area contributed by atoms with Crippen LogP contribution in [0.4, 0.5) is 0 Å². The van der Waals surface area contributed by atoms with Gasteiger partial charge in [-0.05, 0) is 38.3 Å². The van der Waals surface area contributed by atoms with Crippen molar-refractivity contribution in [1.29, 1.82) is 0 Å². The van der Waals surface area contributed by atoms with Crippen LogP contribution in [0, 0.1) is 0 Å². The molecule has 1 rings (SSSR count). The highest BCUT2D eigenvalue weighted by Crippen LogP contribution is 2.06. The molecular formula is C23H36N6O6. The van der Waals surface area contributed by atoms with Gasteiger partial charge in [0.05, 0.1) is 6.04 Å². The Morgan fingerprint density at radius 1 is 0.886 bits per heavy atom. The topological polar surface area (TPSA) is 220 Å². The van der Waals surface area contributed by atoms with E-state index < -0.39 is 53.8 Å². The van der Waals surface area contributed by atoms with Gasteiger partial charge in [-0.25, -0.2) is 4.79 Å². The number of benzene rings is 1. The molecule has 10 N–H and O–H groups in total. The van der Waals surface area contributed by atoms with Crippen LogP contribution in [0.3, 0.4) is 0 Å². The Hall–Kier alpha value is -3.51. The molecule has 0 aliphatic heterocycles. The lowest BCUT2D eigenvalue weighted by Crippen LogP contribution is -2.56. The van der Waals surface area contributed by atoms with Gasteiger partial charge in [0.15, 0.2) is 0 Å². The zero-order valence-electron chi connectivity index (χ0n) is 19.9. The summed E-state index contributed by atoms with van der Waals surface area (Å²) in [4.78, 5) is 60.3. The van der Waals surface area contributed by atoms with E-state index in [1.54, 1.807) is 24.3 Å². The van der Waals surface area contributed by atoms with E-state index in [-0.39, 0.29) is 19.3 Å². The Balaban J connectivity index is 2.85. The van der Waals surface area contributed by atoms with E-state index >= 15 is 0 Å². The largest absolute Gasteiger partial charge is 0.480 e. The van der Waals surface area contributed by atoms with Crippen molar-refractivity contribution in [3.05, 3.63) is 35.9 Å². The molecule has 0 bridgehead atoms. The number of carboxylic acids is 1. The predicted octanol–water partition coefficient (Wildman–Crippen LogP) is -1.49. The number of amides is 4. The van der Waals surface area contributed by atoms with Gasteiger partial charge < -0.3 is 38.3 Å². The van der Waals surface area contributed by atoms with Crippen molar-refractivity contribution in [2.45, 2.75) is 69.6 Å². The minimum Gasteiger partial charge on any atom is -0.480 e. The average Bonchev–Trinajstić information content (AvgIpc) is 2.81. The highest BCUT2D eigenvalue weighted by molar-refractivity contribution is 5.94. The molecule has 0 aliphatic rings. The molecule has 0 fully saturated rings. The molecule has 0 radical (unpaired) electrons. The van der Waals surface area contributed by atoms with Gasteiger partial charge in [0.1, 0.15) is 18.1 Å². The second-order valence-electron chi connectivity index (χ2n) is 8.28. The van der Waals surface area contributed by atoms with Gasteiger partial charge in [0.25, 0.3) is 0 Å². The third-order valence-electron chi connectivity index (χ3n) is 5.27. The first-order valence-electron chi connectivity index (χ1n) is 11.5. The number of unbranched alkanes of at least 4 members (excludes halogenated alkanes) is 1. The van der Waals surface area contributed by atoms with Crippen molar-refractivity contribution in [2.75, 3.05) is 6.54 Å². The summed E-state index contributed by atoms with van der Waals surface area (Å²) in [5, 5.41) is 16.7. The maximum Gasteiger partial charge on any atom is 0.326 e. The average molecular weight is 493 g/mol. The van der Waals surface area contributed by atoms with Gasteiger partial charge in [-0.3, -0.25) is 19.2 Å². The van der Waals surface area contributed by atoms with E-state index in [1.807, 2.05) is 6.07 Å². The van der Waals surface area contributed by atoms with Crippen molar-refractivity contribution in [3.8, 4) is 0 Å². The molecule has 4 atom stereocenters. The molecule has 0 heterocycles. The summed E-state index contributed by atoms with van der Waals surface area (Å²) >= 11 is 0. The van der Waals surface area contributed by atoms with E-state index in [4.69, 9.17) is 17.2 Å². The van der Waals surface area contributed by atoms with Crippen molar-refractivity contribution in [2.24, 2.45) is 17.2 Å². The monoisotopic (exact) mass is 492 g/mol. The summed E-state index contributed by atoms with van der Waals surface area (Å²) in [7, 11) is 0. The van der Waals surface area contributed by atoms with Crippen LogP contribution in [0.25, 0.3) is 0 Å². The molecule has 1 aromatic rings. The van der Waals surface area contributed by atoms with Crippen molar-refractivity contribution < 1.29 is 29.1 Å². The van der Waals surface area contributed by atoms with Crippen molar-refractivity contribution in [3.63, 3.8) is 0 Å². The number of hydrogen-bond acceptors (Lipinski definition) is 7. The van der Waals surface area contributed by atoms with Gasteiger partial charge in [0, 0.05) is 12.8 Å². The Labute approximate surface area is 204 Å².